The van der Waals surface area contributed by atoms with Crippen molar-refractivity contribution in [1.82, 2.24) is 0 Å². The molecule has 0 bridgehead atoms. The summed E-state index contributed by atoms with van der Waals surface area (Å²) < 4.78 is 0. The van der Waals surface area contributed by atoms with Crippen LogP contribution in [-0.2, 0) is 0 Å². The Morgan fingerprint density at radius 3 is 1.88 bits per heavy atom. The first-order valence-corrected chi connectivity index (χ1v) is 6.13. The first-order valence-electron chi connectivity index (χ1n) is 6.13. The van der Waals surface area contributed by atoms with Crippen LogP contribution < -0.4 is 0 Å². The molecule has 0 fully saturated rings. The molecule has 0 aromatic heterocycles. The largest absolute Gasteiger partial charge is 0.393 e. The van der Waals surface area contributed by atoms with E-state index in [2.05, 4.69) is 48.5 Å². The Morgan fingerprint density at radius 1 is 0.941 bits per heavy atom. The molecule has 1 nitrogen and oxygen atoms in total. The molecule has 1 unspecified atom stereocenters. The normalized spacial score (nSPS) is 15.4. The van der Waals surface area contributed by atoms with Crippen LogP contribution in [0.3, 0.4) is 0 Å². The summed E-state index contributed by atoms with van der Waals surface area (Å²) in [5.74, 6) is 0.349. The zero-order valence-corrected chi connectivity index (χ0v) is 9.93. The number of aliphatic hydroxyl groups excluding tert-OH is 1. The Hall–Kier alpha value is -1.60. The number of aliphatic hydroxyl groups is 1. The second-order valence-electron chi connectivity index (χ2n) is 4.81. The second kappa shape index (κ2) is 4.01. The van der Waals surface area contributed by atoms with E-state index in [4.69, 9.17) is 0 Å². The van der Waals surface area contributed by atoms with E-state index in [1.165, 1.54) is 22.3 Å². The van der Waals surface area contributed by atoms with E-state index in [9.17, 15) is 5.11 Å². The van der Waals surface area contributed by atoms with Gasteiger partial charge in [-0.15, -0.1) is 0 Å². The van der Waals surface area contributed by atoms with E-state index in [0.29, 0.717) is 5.92 Å². The smallest absolute Gasteiger partial charge is 0.0521 e. The summed E-state index contributed by atoms with van der Waals surface area (Å²) in [5.41, 5.74) is 5.37. The molecule has 1 N–H and O–H groups in total. The van der Waals surface area contributed by atoms with Crippen molar-refractivity contribution in [2.75, 3.05) is 0 Å². The molecule has 17 heavy (non-hydrogen) atoms. The predicted octanol–water partition coefficient (Wildman–Crippen LogP) is 3.57. The first kappa shape index (κ1) is 10.5. The molecular weight excluding hydrogens is 208 g/mol. The minimum Gasteiger partial charge on any atom is -0.393 e. The number of benzene rings is 2. The van der Waals surface area contributed by atoms with Gasteiger partial charge in [0.05, 0.1) is 6.10 Å². The zero-order valence-electron chi connectivity index (χ0n) is 9.93. The van der Waals surface area contributed by atoms with Crippen molar-refractivity contribution in [2.45, 2.75) is 25.4 Å². The molecule has 86 valence electrons. The molecule has 3 rings (SSSR count). The highest BCUT2D eigenvalue weighted by atomic mass is 16.3. The van der Waals surface area contributed by atoms with E-state index < -0.39 is 0 Å². The van der Waals surface area contributed by atoms with Gasteiger partial charge in [0.15, 0.2) is 0 Å². The number of hydrogen-bond donors (Lipinski definition) is 1. The summed E-state index contributed by atoms with van der Waals surface area (Å²) >= 11 is 0. The molecule has 2 aromatic carbocycles. The van der Waals surface area contributed by atoms with Crippen LogP contribution in [0.2, 0.25) is 0 Å². The molecule has 0 amide bonds. The van der Waals surface area contributed by atoms with Crippen LogP contribution in [0.5, 0.6) is 0 Å². The number of fused-ring (bicyclic) bond motifs is 3. The van der Waals surface area contributed by atoms with Gasteiger partial charge in [-0.25, -0.2) is 0 Å². The minimum absolute atomic E-state index is 0.265. The molecule has 2 aromatic rings. The quantitative estimate of drug-likeness (QED) is 0.826. The third-order valence-corrected chi connectivity index (χ3v) is 3.54. The lowest BCUT2D eigenvalue weighted by atomic mass is 9.92. The zero-order chi connectivity index (χ0) is 11.8. The molecule has 0 spiro atoms. The summed E-state index contributed by atoms with van der Waals surface area (Å²) in [4.78, 5) is 0. The van der Waals surface area contributed by atoms with Crippen molar-refractivity contribution in [1.29, 1.82) is 0 Å². The maximum atomic E-state index is 9.66. The van der Waals surface area contributed by atoms with Crippen molar-refractivity contribution in [3.8, 4) is 11.1 Å². The topological polar surface area (TPSA) is 20.2 Å². The summed E-state index contributed by atoms with van der Waals surface area (Å²) in [6.45, 7) is 1.86. The third kappa shape index (κ3) is 1.67. The van der Waals surface area contributed by atoms with Crippen LogP contribution in [0.15, 0.2) is 48.5 Å². The van der Waals surface area contributed by atoms with Crippen molar-refractivity contribution < 1.29 is 5.11 Å². The SMILES string of the molecule is CC(O)CC1c2ccccc2-c2ccccc21. The van der Waals surface area contributed by atoms with Gasteiger partial charge in [-0.2, -0.15) is 0 Å². The van der Waals surface area contributed by atoms with Gasteiger partial charge in [-0.3, -0.25) is 0 Å². The van der Waals surface area contributed by atoms with Crippen LogP contribution in [0, 0.1) is 0 Å². The Labute approximate surface area is 102 Å². The average Bonchev–Trinajstić information content (AvgIpc) is 2.65. The molecule has 0 aliphatic heterocycles. The second-order valence-corrected chi connectivity index (χ2v) is 4.81. The molecule has 0 saturated carbocycles. The van der Waals surface area contributed by atoms with Crippen molar-refractivity contribution >= 4 is 0 Å². The Kier molecular flexibility index (Phi) is 2.49. The predicted molar refractivity (Wildman–Crippen MR) is 70.0 cm³/mol. The fraction of sp³-hybridized carbons (Fsp3) is 0.250. The molecule has 0 saturated heterocycles. The fourth-order valence-corrected chi connectivity index (χ4v) is 2.85. The van der Waals surface area contributed by atoms with E-state index in [1.807, 2.05) is 6.92 Å². The highest BCUT2D eigenvalue weighted by molar-refractivity contribution is 5.78. The third-order valence-electron chi connectivity index (χ3n) is 3.54. The summed E-state index contributed by atoms with van der Waals surface area (Å²) in [6.07, 6.45) is 0.535. The fourth-order valence-electron chi connectivity index (χ4n) is 2.85. The molecule has 1 aliphatic rings. The Bertz CT molecular complexity index is 497. The molecule has 1 atom stereocenters. The van der Waals surface area contributed by atoms with Gasteiger partial charge in [0.2, 0.25) is 0 Å². The molecule has 1 aliphatic carbocycles. The highest BCUT2D eigenvalue weighted by Gasteiger charge is 2.28. The van der Waals surface area contributed by atoms with Crippen molar-refractivity contribution in [3.05, 3.63) is 59.7 Å². The van der Waals surface area contributed by atoms with E-state index in [0.717, 1.165) is 6.42 Å². The van der Waals surface area contributed by atoms with Crippen molar-refractivity contribution in [2.24, 2.45) is 0 Å². The van der Waals surface area contributed by atoms with Crippen LogP contribution in [0.4, 0.5) is 0 Å². The van der Waals surface area contributed by atoms with Crippen LogP contribution in [-0.4, -0.2) is 11.2 Å². The van der Waals surface area contributed by atoms with Gasteiger partial charge in [0, 0.05) is 5.92 Å². The van der Waals surface area contributed by atoms with Gasteiger partial charge in [-0.1, -0.05) is 48.5 Å². The van der Waals surface area contributed by atoms with Crippen LogP contribution in [0.1, 0.15) is 30.4 Å². The Balaban J connectivity index is 2.17. The van der Waals surface area contributed by atoms with E-state index in [-0.39, 0.29) is 6.10 Å². The van der Waals surface area contributed by atoms with Gasteiger partial charge in [0.25, 0.3) is 0 Å². The highest BCUT2D eigenvalue weighted by Crippen LogP contribution is 2.46. The molecule has 0 radical (unpaired) electrons. The number of rotatable bonds is 2. The summed E-state index contributed by atoms with van der Waals surface area (Å²) in [5, 5.41) is 9.66. The first-order chi connectivity index (χ1) is 8.27. The van der Waals surface area contributed by atoms with E-state index in [1.54, 1.807) is 0 Å². The molecular formula is C16H16O. The summed E-state index contributed by atoms with van der Waals surface area (Å²) in [7, 11) is 0. The minimum atomic E-state index is -0.265. The molecule has 0 heterocycles. The lowest BCUT2D eigenvalue weighted by Crippen LogP contribution is -2.07. The maximum absolute atomic E-state index is 9.66. The van der Waals surface area contributed by atoms with Gasteiger partial charge in [0.1, 0.15) is 0 Å². The van der Waals surface area contributed by atoms with E-state index >= 15 is 0 Å². The Morgan fingerprint density at radius 2 is 1.41 bits per heavy atom. The lowest BCUT2D eigenvalue weighted by molar-refractivity contribution is 0.179. The van der Waals surface area contributed by atoms with Gasteiger partial charge < -0.3 is 5.11 Å². The molecule has 1 heteroatoms. The van der Waals surface area contributed by atoms with Gasteiger partial charge >= 0.3 is 0 Å². The summed E-state index contributed by atoms with van der Waals surface area (Å²) in [6, 6.07) is 17.1. The van der Waals surface area contributed by atoms with Crippen molar-refractivity contribution in [3.63, 3.8) is 0 Å². The standard InChI is InChI=1S/C16H16O/c1-11(17)10-16-14-8-4-2-6-12(14)13-7-3-5-9-15(13)16/h2-9,11,16-17H,10H2,1H3. The lowest BCUT2D eigenvalue weighted by Gasteiger charge is -2.15. The van der Waals surface area contributed by atoms with Gasteiger partial charge in [-0.05, 0) is 35.6 Å². The van der Waals surface area contributed by atoms with Crippen LogP contribution >= 0.6 is 0 Å². The van der Waals surface area contributed by atoms with Crippen LogP contribution in [0.25, 0.3) is 11.1 Å². The number of hydrogen-bond acceptors (Lipinski definition) is 1. The maximum Gasteiger partial charge on any atom is 0.0521 e. The monoisotopic (exact) mass is 224 g/mol. The average molecular weight is 224 g/mol.